The summed E-state index contributed by atoms with van der Waals surface area (Å²) >= 11 is 12.0. The fraction of sp³-hybridized carbons (Fsp3) is 0.0952. The van der Waals surface area contributed by atoms with Crippen LogP contribution in [-0.2, 0) is 10.0 Å². The van der Waals surface area contributed by atoms with Crippen molar-refractivity contribution in [1.29, 1.82) is 0 Å². The van der Waals surface area contributed by atoms with Crippen LogP contribution in [0.5, 0.6) is 0 Å². The van der Waals surface area contributed by atoms with Crippen LogP contribution in [-0.4, -0.2) is 21.4 Å². The molecule has 0 aliphatic carbocycles. The molecule has 3 rings (SSSR count). The summed E-state index contributed by atoms with van der Waals surface area (Å²) in [6.07, 6.45) is 0. The van der Waals surface area contributed by atoms with Gasteiger partial charge in [0.1, 0.15) is 0 Å². The molecule has 150 valence electrons. The summed E-state index contributed by atoms with van der Waals surface area (Å²) in [5.74, 6) is -0.496. The van der Waals surface area contributed by atoms with Gasteiger partial charge in [-0.3, -0.25) is 9.10 Å². The number of nitrogens with zero attached hydrogens (tertiary/aromatic N) is 1. The Kier molecular flexibility index (Phi) is 6.17. The Labute approximate surface area is 179 Å². The van der Waals surface area contributed by atoms with Crippen LogP contribution in [0.4, 0.5) is 11.4 Å². The molecule has 0 saturated heterocycles. The van der Waals surface area contributed by atoms with Crippen molar-refractivity contribution in [3.63, 3.8) is 0 Å². The predicted molar refractivity (Wildman–Crippen MR) is 118 cm³/mol. The highest BCUT2D eigenvalue weighted by molar-refractivity contribution is 7.92. The second kappa shape index (κ2) is 8.45. The number of aryl methyl sites for hydroxylation is 1. The number of hydrogen-bond donors (Lipinski definition) is 1. The first kappa shape index (κ1) is 21.2. The monoisotopic (exact) mass is 448 g/mol. The van der Waals surface area contributed by atoms with Crippen LogP contribution in [0.1, 0.15) is 15.9 Å². The van der Waals surface area contributed by atoms with Crippen LogP contribution in [0.25, 0.3) is 0 Å². The summed E-state index contributed by atoms with van der Waals surface area (Å²) in [5, 5.41) is 3.39. The molecule has 0 spiro atoms. The summed E-state index contributed by atoms with van der Waals surface area (Å²) in [6, 6.07) is 17.6. The van der Waals surface area contributed by atoms with E-state index in [0.29, 0.717) is 21.4 Å². The lowest BCUT2D eigenvalue weighted by molar-refractivity contribution is 0.102. The number of rotatable bonds is 5. The molecule has 0 fully saturated rings. The second-order valence-electron chi connectivity index (χ2n) is 6.41. The van der Waals surface area contributed by atoms with Gasteiger partial charge in [0.2, 0.25) is 0 Å². The first-order valence-electron chi connectivity index (χ1n) is 8.60. The number of amides is 1. The molecule has 0 atom stereocenters. The normalized spacial score (nSPS) is 11.2. The second-order valence-corrected chi connectivity index (χ2v) is 9.23. The van der Waals surface area contributed by atoms with Gasteiger partial charge < -0.3 is 5.32 Å². The molecule has 0 bridgehead atoms. The molecule has 0 aliphatic rings. The minimum atomic E-state index is -3.84. The summed E-state index contributed by atoms with van der Waals surface area (Å²) in [4.78, 5) is 12.6. The molecule has 3 aromatic carbocycles. The van der Waals surface area contributed by atoms with E-state index in [0.717, 1.165) is 5.56 Å². The highest BCUT2D eigenvalue weighted by Gasteiger charge is 2.22. The van der Waals surface area contributed by atoms with Crippen LogP contribution in [0.15, 0.2) is 71.6 Å². The Morgan fingerprint density at radius 1 is 0.966 bits per heavy atom. The fourth-order valence-corrected chi connectivity index (χ4v) is 4.22. The molecule has 0 radical (unpaired) electrons. The van der Waals surface area contributed by atoms with Gasteiger partial charge in [0, 0.05) is 17.6 Å². The maximum absolute atomic E-state index is 13.0. The van der Waals surface area contributed by atoms with Crippen molar-refractivity contribution in [3.05, 3.63) is 87.9 Å². The minimum Gasteiger partial charge on any atom is -0.321 e. The van der Waals surface area contributed by atoms with E-state index >= 15 is 0 Å². The van der Waals surface area contributed by atoms with Crippen molar-refractivity contribution >= 4 is 50.5 Å². The van der Waals surface area contributed by atoms with E-state index in [9.17, 15) is 13.2 Å². The maximum Gasteiger partial charge on any atom is 0.264 e. The Morgan fingerprint density at radius 2 is 1.66 bits per heavy atom. The molecule has 0 aliphatic heterocycles. The molecule has 1 amide bonds. The number of benzene rings is 3. The molecular weight excluding hydrogens is 431 g/mol. The first-order chi connectivity index (χ1) is 13.7. The molecule has 8 heteroatoms. The Balaban J connectivity index is 1.89. The van der Waals surface area contributed by atoms with Gasteiger partial charge in [0.15, 0.2) is 0 Å². The third-order valence-electron chi connectivity index (χ3n) is 4.33. The largest absolute Gasteiger partial charge is 0.321 e. The molecule has 0 aromatic heterocycles. The van der Waals surface area contributed by atoms with Gasteiger partial charge in [-0.1, -0.05) is 47.0 Å². The SMILES string of the molecule is Cc1ccc(N(C)S(=O)(=O)c2cccc(C(=O)Nc3cc(Cl)ccc3Cl)c2)cc1. The molecular formula is C21H18Cl2N2O3S. The van der Waals surface area contributed by atoms with E-state index < -0.39 is 15.9 Å². The Hall–Kier alpha value is -2.54. The number of carbonyl (C=O) groups is 1. The van der Waals surface area contributed by atoms with Crippen LogP contribution in [0.2, 0.25) is 10.0 Å². The van der Waals surface area contributed by atoms with Gasteiger partial charge in [0.25, 0.3) is 15.9 Å². The average molecular weight is 449 g/mol. The zero-order valence-electron chi connectivity index (χ0n) is 15.7. The van der Waals surface area contributed by atoms with Crippen LogP contribution in [0, 0.1) is 6.92 Å². The lowest BCUT2D eigenvalue weighted by Gasteiger charge is -2.20. The van der Waals surface area contributed by atoms with E-state index in [1.807, 2.05) is 19.1 Å². The maximum atomic E-state index is 13.0. The number of hydrogen-bond acceptors (Lipinski definition) is 3. The molecule has 0 heterocycles. The molecule has 0 saturated carbocycles. The topological polar surface area (TPSA) is 66.5 Å². The molecule has 0 unspecified atom stereocenters. The zero-order valence-corrected chi connectivity index (χ0v) is 18.0. The minimum absolute atomic E-state index is 0.00501. The van der Waals surface area contributed by atoms with Crippen molar-refractivity contribution in [2.75, 3.05) is 16.7 Å². The molecule has 29 heavy (non-hydrogen) atoms. The third kappa shape index (κ3) is 4.72. The lowest BCUT2D eigenvalue weighted by Crippen LogP contribution is -2.26. The van der Waals surface area contributed by atoms with Crippen molar-refractivity contribution < 1.29 is 13.2 Å². The average Bonchev–Trinajstić information content (AvgIpc) is 2.71. The number of sulfonamides is 1. The van der Waals surface area contributed by atoms with E-state index in [4.69, 9.17) is 23.2 Å². The van der Waals surface area contributed by atoms with Gasteiger partial charge in [0.05, 0.1) is 21.3 Å². The zero-order chi connectivity index (χ0) is 21.2. The highest BCUT2D eigenvalue weighted by atomic mass is 35.5. The van der Waals surface area contributed by atoms with Gasteiger partial charge in [-0.25, -0.2) is 8.42 Å². The van der Waals surface area contributed by atoms with Crippen LogP contribution in [0.3, 0.4) is 0 Å². The summed E-state index contributed by atoms with van der Waals surface area (Å²) in [5.41, 5.74) is 2.07. The lowest BCUT2D eigenvalue weighted by atomic mass is 10.2. The van der Waals surface area contributed by atoms with Gasteiger partial charge in [-0.15, -0.1) is 0 Å². The molecule has 1 N–H and O–H groups in total. The van der Waals surface area contributed by atoms with Crippen LogP contribution < -0.4 is 9.62 Å². The molecule has 3 aromatic rings. The number of nitrogens with one attached hydrogen (secondary N) is 1. The standard InChI is InChI=1S/C21H18Cl2N2O3S/c1-14-6-9-17(10-7-14)25(2)29(27,28)18-5-3-4-15(12-18)21(26)24-20-13-16(22)8-11-19(20)23/h3-13H,1-2H3,(H,24,26). The number of halogens is 2. The summed E-state index contributed by atoms with van der Waals surface area (Å²) in [7, 11) is -2.37. The quantitative estimate of drug-likeness (QED) is 0.569. The van der Waals surface area contributed by atoms with Crippen molar-refractivity contribution in [3.8, 4) is 0 Å². The molecule has 5 nitrogen and oxygen atoms in total. The number of anilines is 2. The highest BCUT2D eigenvalue weighted by Crippen LogP contribution is 2.27. The van der Waals surface area contributed by atoms with Gasteiger partial charge in [-0.2, -0.15) is 0 Å². The third-order valence-corrected chi connectivity index (χ3v) is 6.68. The number of carbonyl (C=O) groups excluding carboxylic acids is 1. The predicted octanol–water partition coefficient (Wildman–Crippen LogP) is 5.38. The van der Waals surface area contributed by atoms with E-state index in [-0.39, 0.29) is 10.5 Å². The van der Waals surface area contributed by atoms with Gasteiger partial charge >= 0.3 is 0 Å². The smallest absolute Gasteiger partial charge is 0.264 e. The fourth-order valence-electron chi connectivity index (χ4n) is 2.64. The van der Waals surface area contributed by atoms with Crippen molar-refractivity contribution in [2.45, 2.75) is 11.8 Å². The van der Waals surface area contributed by atoms with Crippen molar-refractivity contribution in [2.24, 2.45) is 0 Å². The summed E-state index contributed by atoms with van der Waals surface area (Å²) < 4.78 is 27.2. The van der Waals surface area contributed by atoms with E-state index in [2.05, 4.69) is 5.32 Å². The van der Waals surface area contributed by atoms with Crippen molar-refractivity contribution in [1.82, 2.24) is 0 Å². The van der Waals surface area contributed by atoms with Gasteiger partial charge in [-0.05, 0) is 55.5 Å². The first-order valence-corrected chi connectivity index (χ1v) is 10.8. The van der Waals surface area contributed by atoms with Crippen LogP contribution >= 0.6 is 23.2 Å². The summed E-state index contributed by atoms with van der Waals surface area (Å²) in [6.45, 7) is 1.92. The van der Waals surface area contributed by atoms with E-state index in [1.165, 1.54) is 41.7 Å². The van der Waals surface area contributed by atoms with E-state index in [1.54, 1.807) is 24.3 Å². The Bertz CT molecular complexity index is 1160. The Morgan fingerprint density at radius 3 is 2.34 bits per heavy atom.